The summed E-state index contributed by atoms with van der Waals surface area (Å²) >= 11 is 1.60. The first-order chi connectivity index (χ1) is 8.72. The Hall–Kier alpha value is -1.00. The highest BCUT2D eigenvalue weighted by molar-refractivity contribution is 7.99. The van der Waals surface area contributed by atoms with Crippen LogP contribution in [0, 0.1) is 0 Å². The van der Waals surface area contributed by atoms with Gasteiger partial charge >= 0.3 is 0 Å². The standard InChI is InChI=1S/C14H20N2OS/c1-15-8-9-16(14(17)11-18-2)13(10-15)12-6-4-3-5-7-12/h3-7,13H,8-11H2,1-2H3. The zero-order valence-electron chi connectivity index (χ0n) is 11.0. The van der Waals surface area contributed by atoms with Crippen LogP contribution in [-0.4, -0.2) is 54.4 Å². The quantitative estimate of drug-likeness (QED) is 0.832. The summed E-state index contributed by atoms with van der Waals surface area (Å²) < 4.78 is 0. The number of nitrogens with zero attached hydrogens (tertiary/aromatic N) is 2. The Labute approximate surface area is 113 Å². The molecule has 0 radical (unpaired) electrons. The summed E-state index contributed by atoms with van der Waals surface area (Å²) in [6, 6.07) is 10.5. The predicted molar refractivity (Wildman–Crippen MR) is 76.8 cm³/mol. The summed E-state index contributed by atoms with van der Waals surface area (Å²) in [6.45, 7) is 2.71. The van der Waals surface area contributed by atoms with Crippen molar-refractivity contribution in [1.82, 2.24) is 9.80 Å². The van der Waals surface area contributed by atoms with Crippen molar-refractivity contribution in [2.75, 3.05) is 38.7 Å². The average Bonchev–Trinajstić information content (AvgIpc) is 2.40. The van der Waals surface area contributed by atoms with E-state index in [0.29, 0.717) is 5.75 Å². The van der Waals surface area contributed by atoms with E-state index < -0.39 is 0 Å². The Kier molecular flexibility index (Phi) is 4.66. The number of carbonyl (C=O) groups is 1. The van der Waals surface area contributed by atoms with E-state index in [9.17, 15) is 4.79 Å². The molecule has 1 heterocycles. The molecule has 0 aliphatic carbocycles. The number of benzene rings is 1. The Bertz CT molecular complexity index is 396. The fraction of sp³-hybridized carbons (Fsp3) is 0.500. The normalized spacial score (nSPS) is 21.0. The zero-order valence-corrected chi connectivity index (χ0v) is 11.8. The minimum absolute atomic E-state index is 0.199. The molecule has 4 heteroatoms. The van der Waals surface area contributed by atoms with Crippen molar-refractivity contribution in [1.29, 1.82) is 0 Å². The van der Waals surface area contributed by atoms with Gasteiger partial charge in [-0.3, -0.25) is 4.79 Å². The fourth-order valence-corrected chi connectivity index (χ4v) is 2.80. The molecule has 1 saturated heterocycles. The Morgan fingerprint density at radius 3 is 2.72 bits per heavy atom. The molecule has 0 saturated carbocycles. The molecule has 1 aromatic carbocycles. The second-order valence-corrected chi connectivity index (χ2v) is 5.57. The van der Waals surface area contributed by atoms with E-state index >= 15 is 0 Å². The highest BCUT2D eigenvalue weighted by Gasteiger charge is 2.29. The molecule has 98 valence electrons. The lowest BCUT2D eigenvalue weighted by Crippen LogP contribution is -2.49. The van der Waals surface area contributed by atoms with Gasteiger partial charge in [0.05, 0.1) is 11.8 Å². The molecule has 0 spiro atoms. The smallest absolute Gasteiger partial charge is 0.233 e. The molecule has 1 aliphatic heterocycles. The molecule has 1 aromatic rings. The number of hydrogen-bond donors (Lipinski definition) is 0. The van der Waals surface area contributed by atoms with E-state index in [1.165, 1.54) is 5.56 Å². The van der Waals surface area contributed by atoms with Gasteiger partial charge < -0.3 is 9.80 Å². The van der Waals surface area contributed by atoms with Gasteiger partial charge in [-0.15, -0.1) is 0 Å². The maximum atomic E-state index is 12.2. The summed E-state index contributed by atoms with van der Waals surface area (Å²) in [4.78, 5) is 16.5. The summed E-state index contributed by atoms with van der Waals surface area (Å²) in [5.41, 5.74) is 1.23. The van der Waals surface area contributed by atoms with E-state index in [-0.39, 0.29) is 11.9 Å². The van der Waals surface area contributed by atoms with Gasteiger partial charge in [0.15, 0.2) is 0 Å². The number of rotatable bonds is 3. The summed E-state index contributed by atoms with van der Waals surface area (Å²) in [5, 5.41) is 0. The molecule has 0 bridgehead atoms. The number of hydrogen-bond acceptors (Lipinski definition) is 3. The third-order valence-corrected chi connectivity index (χ3v) is 3.89. The highest BCUT2D eigenvalue weighted by atomic mass is 32.2. The first-order valence-corrected chi connectivity index (χ1v) is 7.63. The van der Waals surface area contributed by atoms with Gasteiger partial charge in [0, 0.05) is 19.6 Å². The third-order valence-electron chi connectivity index (χ3n) is 3.36. The molecule has 1 unspecified atom stereocenters. The average molecular weight is 264 g/mol. The molecular formula is C14H20N2OS. The van der Waals surface area contributed by atoms with Crippen LogP contribution < -0.4 is 0 Å². The molecule has 0 aromatic heterocycles. The molecule has 1 aliphatic rings. The third kappa shape index (κ3) is 3.06. The lowest BCUT2D eigenvalue weighted by atomic mass is 10.0. The number of carbonyl (C=O) groups excluding carboxylic acids is 1. The summed E-state index contributed by atoms with van der Waals surface area (Å²) in [5.74, 6) is 0.831. The second kappa shape index (κ2) is 6.25. The first-order valence-electron chi connectivity index (χ1n) is 6.24. The van der Waals surface area contributed by atoms with Crippen molar-refractivity contribution in [2.45, 2.75) is 6.04 Å². The van der Waals surface area contributed by atoms with E-state index in [1.54, 1.807) is 11.8 Å². The molecule has 1 atom stereocenters. The molecule has 0 N–H and O–H groups in total. The van der Waals surface area contributed by atoms with Gasteiger partial charge in [-0.25, -0.2) is 0 Å². The minimum Gasteiger partial charge on any atom is -0.332 e. The number of piperazine rings is 1. The number of thioether (sulfide) groups is 1. The van der Waals surface area contributed by atoms with Gasteiger partial charge in [-0.2, -0.15) is 11.8 Å². The van der Waals surface area contributed by atoms with Crippen LogP contribution in [0.1, 0.15) is 11.6 Å². The van der Waals surface area contributed by atoms with Crippen molar-refractivity contribution < 1.29 is 4.79 Å². The van der Waals surface area contributed by atoms with Crippen molar-refractivity contribution in [3.8, 4) is 0 Å². The van der Waals surface area contributed by atoms with Crippen LogP contribution in [0.4, 0.5) is 0 Å². The first kappa shape index (κ1) is 13.4. The van der Waals surface area contributed by atoms with Crippen LogP contribution in [0.2, 0.25) is 0 Å². The lowest BCUT2D eigenvalue weighted by molar-refractivity contribution is -0.133. The lowest BCUT2D eigenvalue weighted by Gasteiger charge is -2.40. The van der Waals surface area contributed by atoms with Crippen LogP contribution in [-0.2, 0) is 4.79 Å². The molecule has 3 nitrogen and oxygen atoms in total. The molecule has 18 heavy (non-hydrogen) atoms. The van der Waals surface area contributed by atoms with E-state index in [4.69, 9.17) is 0 Å². The minimum atomic E-state index is 0.199. The van der Waals surface area contributed by atoms with Crippen molar-refractivity contribution in [2.24, 2.45) is 0 Å². The van der Waals surface area contributed by atoms with Crippen molar-refractivity contribution >= 4 is 17.7 Å². The molecule has 2 rings (SSSR count). The largest absolute Gasteiger partial charge is 0.332 e. The van der Waals surface area contributed by atoms with Gasteiger partial charge in [0.1, 0.15) is 0 Å². The maximum Gasteiger partial charge on any atom is 0.233 e. The predicted octanol–water partition coefficient (Wildman–Crippen LogP) is 1.86. The van der Waals surface area contributed by atoms with E-state index in [2.05, 4.69) is 24.1 Å². The molecule has 1 amide bonds. The van der Waals surface area contributed by atoms with Gasteiger partial charge in [0.2, 0.25) is 5.91 Å². The van der Waals surface area contributed by atoms with Crippen LogP contribution >= 0.6 is 11.8 Å². The van der Waals surface area contributed by atoms with Crippen molar-refractivity contribution in [3.05, 3.63) is 35.9 Å². The number of likely N-dealkylation sites (N-methyl/N-ethyl adjacent to an activating group) is 1. The van der Waals surface area contributed by atoms with E-state index in [0.717, 1.165) is 19.6 Å². The highest BCUT2D eigenvalue weighted by Crippen LogP contribution is 2.25. The summed E-state index contributed by atoms with van der Waals surface area (Å²) in [6.07, 6.45) is 1.98. The zero-order chi connectivity index (χ0) is 13.0. The van der Waals surface area contributed by atoms with E-state index in [1.807, 2.05) is 29.4 Å². The van der Waals surface area contributed by atoms with Crippen LogP contribution in [0.25, 0.3) is 0 Å². The van der Waals surface area contributed by atoms with Gasteiger partial charge in [-0.1, -0.05) is 30.3 Å². The van der Waals surface area contributed by atoms with Crippen LogP contribution in [0.15, 0.2) is 30.3 Å². The van der Waals surface area contributed by atoms with Crippen molar-refractivity contribution in [3.63, 3.8) is 0 Å². The Morgan fingerprint density at radius 2 is 2.06 bits per heavy atom. The maximum absolute atomic E-state index is 12.2. The van der Waals surface area contributed by atoms with Gasteiger partial charge in [0.25, 0.3) is 0 Å². The van der Waals surface area contributed by atoms with Crippen LogP contribution in [0.5, 0.6) is 0 Å². The Balaban J connectivity index is 2.19. The number of amides is 1. The monoisotopic (exact) mass is 264 g/mol. The van der Waals surface area contributed by atoms with Crippen LogP contribution in [0.3, 0.4) is 0 Å². The molecule has 1 fully saturated rings. The Morgan fingerprint density at radius 1 is 1.33 bits per heavy atom. The fourth-order valence-electron chi connectivity index (χ4n) is 2.38. The topological polar surface area (TPSA) is 23.6 Å². The molecular weight excluding hydrogens is 244 g/mol. The SMILES string of the molecule is CSCC(=O)N1CCN(C)CC1c1ccccc1. The second-order valence-electron chi connectivity index (χ2n) is 4.71. The van der Waals surface area contributed by atoms with Gasteiger partial charge in [-0.05, 0) is 18.9 Å². The summed E-state index contributed by atoms with van der Waals surface area (Å²) in [7, 11) is 2.12.